The van der Waals surface area contributed by atoms with E-state index in [1.54, 1.807) is 12.1 Å². The van der Waals surface area contributed by atoms with Gasteiger partial charge < -0.3 is 24.8 Å². The van der Waals surface area contributed by atoms with E-state index in [9.17, 15) is 4.39 Å². The van der Waals surface area contributed by atoms with Gasteiger partial charge in [-0.1, -0.05) is 91.9 Å². The Hall–Kier alpha value is -2.25. The smallest absolute Gasteiger partial charge is 1.00 e. The Morgan fingerprint density at radius 2 is 1.37 bits per heavy atom. The molecular weight excluding hydrogens is 686 g/mol. The van der Waals surface area contributed by atoms with E-state index >= 15 is 0 Å². The number of benzene rings is 3. The van der Waals surface area contributed by atoms with Crippen LogP contribution in [-0.2, 0) is 41.5 Å². The third-order valence-corrected chi connectivity index (χ3v) is 10.2. The maximum Gasteiger partial charge on any atom is -1.00 e. The Bertz CT molecular complexity index is 1730. The van der Waals surface area contributed by atoms with Gasteiger partial charge in [0.1, 0.15) is 0 Å². The molecule has 4 aromatic rings. The molecule has 3 aliphatic rings. The van der Waals surface area contributed by atoms with Crippen molar-refractivity contribution < 1.29 is 53.4 Å². The fraction of sp³-hybridized carbons (Fsp3) is 0.333. The Balaban J connectivity index is 0.000000228. The zero-order valence-electron chi connectivity index (χ0n) is 28.8. The molecule has 0 heterocycles. The topological polar surface area (TPSA) is 0 Å². The van der Waals surface area contributed by atoms with E-state index in [-0.39, 0.29) is 41.5 Å². The van der Waals surface area contributed by atoms with Gasteiger partial charge in [0.25, 0.3) is 0 Å². The molecule has 0 nitrogen and oxygen atoms in total. The molecule has 0 unspecified atom stereocenters. The van der Waals surface area contributed by atoms with E-state index in [1.165, 1.54) is 109 Å². The average molecular weight is 731 g/mol. The van der Waals surface area contributed by atoms with Crippen molar-refractivity contribution in [1.29, 1.82) is 0 Å². The molecule has 0 fully saturated rings. The molecule has 0 saturated heterocycles. The minimum absolute atomic E-state index is 0. The second-order valence-electron chi connectivity index (χ2n) is 14.2. The van der Waals surface area contributed by atoms with Crippen LogP contribution < -0.4 is 24.8 Å². The minimum Gasteiger partial charge on any atom is -1.00 e. The van der Waals surface area contributed by atoms with Gasteiger partial charge in [0.05, 0.1) is 0 Å². The second kappa shape index (κ2) is 14.5. The second-order valence-corrected chi connectivity index (χ2v) is 14.9. The van der Waals surface area contributed by atoms with Crippen molar-refractivity contribution in [3.63, 3.8) is 0 Å². The van der Waals surface area contributed by atoms with Gasteiger partial charge in [-0.3, -0.25) is 6.08 Å². The van der Waals surface area contributed by atoms with Gasteiger partial charge in [-0.15, -0.1) is 11.6 Å². The standard InChI is InChI=1S/C25H25.C10H15.C7H5F.2ClH.Zr/c1-14-12-24(3,4)22-8-16-7-17-9-23-19(15(2)13-25(23,5)6)11-21(17)20(16)10-18(14)22;1-7(2)10-6-8(3)5-9(10)4;1-6-2-4-7(8)5-3-6;;;/h8-12H,7H2,1-6H3;5-7H,1-4H3;1-5H;2*1H;/q2*-1;;;;+2/p-2. The summed E-state index contributed by atoms with van der Waals surface area (Å²) in [6.07, 6.45) is 7.13. The van der Waals surface area contributed by atoms with Crippen LogP contribution in [0.25, 0.3) is 22.3 Å². The first-order chi connectivity index (χ1) is 20.6. The van der Waals surface area contributed by atoms with Crippen LogP contribution in [0.5, 0.6) is 0 Å². The predicted octanol–water partition coefficient (Wildman–Crippen LogP) is 5.13. The fourth-order valence-electron chi connectivity index (χ4n) is 7.28. The van der Waals surface area contributed by atoms with Crippen LogP contribution in [0.4, 0.5) is 4.39 Å². The number of hydrogen-bond donors (Lipinski definition) is 0. The van der Waals surface area contributed by atoms with Gasteiger partial charge in [0.2, 0.25) is 0 Å². The number of hydrogen-bond acceptors (Lipinski definition) is 0. The summed E-state index contributed by atoms with van der Waals surface area (Å²) in [6, 6.07) is 20.8. The van der Waals surface area contributed by atoms with Crippen LogP contribution in [0.15, 0.2) is 66.7 Å². The molecular formula is C42H45Cl2FZr-2. The van der Waals surface area contributed by atoms with Crippen LogP contribution in [-0.4, -0.2) is 3.71 Å². The van der Waals surface area contributed by atoms with E-state index in [0.717, 1.165) is 12.0 Å². The van der Waals surface area contributed by atoms with Gasteiger partial charge in [-0.05, 0) is 58.4 Å². The zero-order valence-corrected chi connectivity index (χ0v) is 32.8. The predicted molar refractivity (Wildman–Crippen MR) is 184 cm³/mol. The van der Waals surface area contributed by atoms with Crippen molar-refractivity contribution in [2.45, 2.75) is 92.4 Å². The van der Waals surface area contributed by atoms with Crippen molar-refractivity contribution in [2.24, 2.45) is 0 Å². The molecule has 240 valence electrons. The largest absolute Gasteiger partial charge is 1.00 e. The van der Waals surface area contributed by atoms with Crippen molar-refractivity contribution in [3.05, 3.63) is 134 Å². The van der Waals surface area contributed by atoms with E-state index in [2.05, 4.69) is 118 Å². The van der Waals surface area contributed by atoms with Crippen LogP contribution in [0, 0.1) is 25.7 Å². The van der Waals surface area contributed by atoms with Crippen molar-refractivity contribution >= 4 is 14.9 Å². The van der Waals surface area contributed by atoms with Crippen LogP contribution >= 0.6 is 0 Å². The quantitative estimate of drug-likeness (QED) is 0.222. The molecule has 4 aromatic carbocycles. The minimum atomic E-state index is -0.170. The van der Waals surface area contributed by atoms with Gasteiger partial charge in [0, 0.05) is 5.41 Å². The van der Waals surface area contributed by atoms with Crippen molar-refractivity contribution in [2.75, 3.05) is 0 Å². The Kier molecular flexibility index (Phi) is 12.0. The summed E-state index contributed by atoms with van der Waals surface area (Å²) < 4.78 is 14.2. The molecule has 0 saturated carbocycles. The van der Waals surface area contributed by atoms with E-state index in [4.69, 9.17) is 0 Å². The molecule has 3 aliphatic carbocycles. The summed E-state index contributed by atoms with van der Waals surface area (Å²) in [5.74, 6) is 0.505. The number of halogens is 3. The van der Waals surface area contributed by atoms with Crippen molar-refractivity contribution in [1.82, 2.24) is 0 Å². The summed E-state index contributed by atoms with van der Waals surface area (Å²) in [6.45, 7) is 22.5. The van der Waals surface area contributed by atoms with E-state index in [1.807, 2.05) is 3.71 Å². The molecule has 0 atom stereocenters. The molecule has 0 amide bonds. The summed E-state index contributed by atoms with van der Waals surface area (Å²) >= 11 is 1.34. The Labute approximate surface area is 304 Å². The monoisotopic (exact) mass is 728 g/mol. The molecule has 46 heavy (non-hydrogen) atoms. The number of allylic oxidation sites excluding steroid dienone is 4. The first-order valence-corrected chi connectivity index (χ1v) is 17.2. The summed E-state index contributed by atoms with van der Waals surface area (Å²) in [7, 11) is 0. The van der Waals surface area contributed by atoms with Gasteiger partial charge in [0.15, 0.2) is 0 Å². The average Bonchev–Trinajstić information content (AvgIpc) is 3.62. The molecule has 0 spiro atoms. The molecule has 0 bridgehead atoms. The van der Waals surface area contributed by atoms with E-state index in [0.29, 0.717) is 5.92 Å². The molecule has 0 aromatic heterocycles. The molecule has 0 radical (unpaired) electrons. The zero-order chi connectivity index (χ0) is 32.1. The third-order valence-electron chi connectivity index (χ3n) is 9.37. The van der Waals surface area contributed by atoms with Crippen molar-refractivity contribution in [3.8, 4) is 11.1 Å². The number of fused-ring (bicyclic) bond motifs is 5. The maximum atomic E-state index is 12.2. The normalized spacial score (nSPS) is 15.3. The Morgan fingerprint density at radius 3 is 1.87 bits per heavy atom. The molecule has 7 rings (SSSR count). The van der Waals surface area contributed by atoms with Gasteiger partial charge in [-0.25, -0.2) is 11.6 Å². The Morgan fingerprint density at radius 1 is 0.804 bits per heavy atom. The van der Waals surface area contributed by atoms with E-state index < -0.39 is 0 Å². The first-order valence-electron chi connectivity index (χ1n) is 15.8. The molecule has 0 aliphatic heterocycles. The van der Waals surface area contributed by atoms with Gasteiger partial charge >= 0.3 is 68.0 Å². The third kappa shape index (κ3) is 7.56. The summed E-state index contributed by atoms with van der Waals surface area (Å²) in [5, 5.41) is 0. The van der Waals surface area contributed by atoms with Crippen LogP contribution in [0.2, 0.25) is 0 Å². The maximum absolute atomic E-state index is 12.2. The summed E-state index contributed by atoms with van der Waals surface area (Å²) in [4.78, 5) is 0. The SMILES string of the molecule is CC1=[C-]C(C)(C)c2cc3c(cc21)-c1cc2c(cc1C3)C(C)(C)C=C2C.Cc1cc(C(C)C)c(C)[cH-]1.Fc1ccc([CH]=[Zr+2])cc1.[Cl-].[Cl-]. The summed E-state index contributed by atoms with van der Waals surface area (Å²) in [5.41, 5.74) is 20.0. The number of aryl methyl sites for hydroxylation is 2. The number of rotatable bonds is 2. The van der Waals surface area contributed by atoms with Crippen LogP contribution in [0.1, 0.15) is 117 Å². The molecule has 0 N–H and O–H groups in total. The molecule has 4 heteroatoms. The first kappa shape index (κ1) is 38.2. The van der Waals surface area contributed by atoms with Crippen LogP contribution in [0.3, 0.4) is 0 Å². The fourth-order valence-corrected chi connectivity index (χ4v) is 7.75. The van der Waals surface area contributed by atoms with Gasteiger partial charge in [-0.2, -0.15) is 28.3 Å².